The van der Waals surface area contributed by atoms with Crippen LogP contribution >= 0.6 is 0 Å². The Labute approximate surface area is 134 Å². The molecular weight excluding hydrogens is 296 g/mol. The number of nitro groups is 1. The van der Waals surface area contributed by atoms with Gasteiger partial charge in [-0.2, -0.15) is 0 Å². The predicted molar refractivity (Wildman–Crippen MR) is 87.6 cm³/mol. The molecule has 2 aromatic carbocycles. The van der Waals surface area contributed by atoms with Gasteiger partial charge >= 0.3 is 5.69 Å². The number of hydrogen-bond acceptors (Lipinski definition) is 4. The van der Waals surface area contributed by atoms with Crippen LogP contribution in [-0.4, -0.2) is 17.4 Å². The minimum absolute atomic E-state index is 0.0725. The second-order valence-electron chi connectivity index (χ2n) is 5.09. The maximum Gasteiger partial charge on any atom is 0.310 e. The number of carbonyl (C=O) groups is 1. The van der Waals surface area contributed by atoms with Crippen LogP contribution in [0.25, 0.3) is 0 Å². The van der Waals surface area contributed by atoms with Gasteiger partial charge < -0.3 is 10.1 Å². The average Bonchev–Trinajstić information content (AvgIpc) is 2.52. The highest BCUT2D eigenvalue weighted by molar-refractivity contribution is 5.90. The summed E-state index contributed by atoms with van der Waals surface area (Å²) in [5.74, 6) is 0.110. The van der Waals surface area contributed by atoms with E-state index in [1.807, 2.05) is 31.2 Å². The largest absolute Gasteiger partial charge is 0.487 e. The number of nitro benzene ring substituents is 1. The van der Waals surface area contributed by atoms with Crippen LogP contribution in [0.5, 0.6) is 5.75 Å². The number of rotatable bonds is 7. The number of ether oxygens (including phenoxy) is 1. The number of nitrogens with one attached hydrogen (secondary N) is 1. The van der Waals surface area contributed by atoms with Crippen LogP contribution in [0.15, 0.2) is 48.5 Å². The molecule has 0 atom stereocenters. The summed E-state index contributed by atoms with van der Waals surface area (Å²) in [6, 6.07) is 13.7. The molecule has 0 aliphatic rings. The van der Waals surface area contributed by atoms with Crippen molar-refractivity contribution < 1.29 is 14.5 Å². The summed E-state index contributed by atoms with van der Waals surface area (Å²) in [7, 11) is 0. The van der Waals surface area contributed by atoms with E-state index >= 15 is 0 Å². The minimum atomic E-state index is -0.486. The first-order valence-corrected chi connectivity index (χ1v) is 7.29. The number of carbonyl (C=O) groups excluding carboxylic acids is 1. The highest BCUT2D eigenvalue weighted by Crippen LogP contribution is 2.25. The van der Waals surface area contributed by atoms with Crippen molar-refractivity contribution >= 4 is 17.3 Å². The van der Waals surface area contributed by atoms with Gasteiger partial charge in [-0.15, -0.1) is 0 Å². The van der Waals surface area contributed by atoms with E-state index in [4.69, 9.17) is 4.74 Å². The quantitative estimate of drug-likeness (QED) is 0.480. The molecule has 0 bridgehead atoms. The van der Waals surface area contributed by atoms with E-state index in [9.17, 15) is 14.9 Å². The summed E-state index contributed by atoms with van der Waals surface area (Å²) in [4.78, 5) is 22.2. The zero-order valence-electron chi connectivity index (χ0n) is 12.8. The van der Waals surface area contributed by atoms with Gasteiger partial charge in [0, 0.05) is 18.2 Å². The second kappa shape index (κ2) is 7.93. The van der Waals surface area contributed by atoms with E-state index in [2.05, 4.69) is 5.32 Å². The molecule has 0 unspecified atom stereocenters. The summed E-state index contributed by atoms with van der Waals surface area (Å²) in [6.07, 6.45) is 0.762. The van der Waals surface area contributed by atoms with Gasteiger partial charge in [-0.1, -0.05) is 24.3 Å². The zero-order chi connectivity index (χ0) is 16.7. The monoisotopic (exact) mass is 314 g/mol. The van der Waals surface area contributed by atoms with Crippen LogP contribution in [0.1, 0.15) is 18.4 Å². The Bertz CT molecular complexity index is 700. The normalized spacial score (nSPS) is 10.1. The Balaban J connectivity index is 1.77. The van der Waals surface area contributed by atoms with Crippen LogP contribution in [-0.2, 0) is 4.79 Å². The van der Waals surface area contributed by atoms with Gasteiger partial charge in [-0.05, 0) is 37.1 Å². The highest BCUT2D eigenvalue weighted by atomic mass is 16.6. The van der Waals surface area contributed by atoms with Crippen LogP contribution in [0.3, 0.4) is 0 Å². The Morgan fingerprint density at radius 2 is 2.00 bits per heavy atom. The molecule has 0 saturated heterocycles. The fourth-order valence-electron chi connectivity index (χ4n) is 2.09. The van der Waals surface area contributed by atoms with Gasteiger partial charge in [0.05, 0.1) is 11.5 Å². The molecular formula is C17H18N2O4. The number of benzene rings is 2. The third-order valence-corrected chi connectivity index (χ3v) is 3.17. The molecule has 1 amide bonds. The molecule has 23 heavy (non-hydrogen) atoms. The Morgan fingerprint density at radius 1 is 1.22 bits per heavy atom. The molecule has 6 nitrogen and oxygen atoms in total. The van der Waals surface area contributed by atoms with E-state index in [1.54, 1.807) is 18.2 Å². The molecule has 0 aromatic heterocycles. The Hall–Kier alpha value is -2.89. The van der Waals surface area contributed by atoms with E-state index in [0.29, 0.717) is 6.42 Å². The molecule has 2 rings (SSSR count). The number of anilines is 1. The Kier molecular flexibility index (Phi) is 5.68. The Morgan fingerprint density at radius 3 is 2.74 bits per heavy atom. The zero-order valence-corrected chi connectivity index (χ0v) is 12.8. The summed E-state index contributed by atoms with van der Waals surface area (Å²) >= 11 is 0. The average molecular weight is 314 g/mol. The van der Waals surface area contributed by atoms with Crippen LogP contribution in [0.4, 0.5) is 11.4 Å². The fraction of sp³-hybridized carbons (Fsp3) is 0.235. The van der Waals surface area contributed by atoms with Crippen molar-refractivity contribution in [3.63, 3.8) is 0 Å². The molecule has 0 fully saturated rings. The lowest BCUT2D eigenvalue weighted by Gasteiger charge is -2.08. The maximum atomic E-state index is 11.8. The van der Waals surface area contributed by atoms with Gasteiger partial charge in [0.15, 0.2) is 5.75 Å². The number of hydrogen-bond donors (Lipinski definition) is 1. The SMILES string of the molecule is Cc1cccc(NC(=O)CCCOc2ccccc2[N+](=O)[O-])c1. The lowest BCUT2D eigenvalue weighted by atomic mass is 10.2. The maximum absolute atomic E-state index is 11.8. The molecule has 120 valence electrons. The van der Waals surface area contributed by atoms with Crippen LogP contribution in [0.2, 0.25) is 0 Å². The number of aryl methyl sites for hydroxylation is 1. The summed E-state index contributed by atoms with van der Waals surface area (Å²) in [5.41, 5.74) is 1.76. The van der Waals surface area contributed by atoms with Crippen molar-refractivity contribution in [2.24, 2.45) is 0 Å². The van der Waals surface area contributed by atoms with Crippen LogP contribution in [0, 0.1) is 17.0 Å². The van der Waals surface area contributed by atoms with E-state index < -0.39 is 4.92 Å². The molecule has 2 aromatic rings. The molecule has 6 heteroatoms. The number of amides is 1. The third kappa shape index (κ3) is 5.10. The van der Waals surface area contributed by atoms with Gasteiger partial charge in [-0.3, -0.25) is 14.9 Å². The first-order valence-electron chi connectivity index (χ1n) is 7.29. The lowest BCUT2D eigenvalue weighted by Crippen LogP contribution is -2.13. The first-order chi connectivity index (χ1) is 11.1. The topological polar surface area (TPSA) is 81.5 Å². The molecule has 0 heterocycles. The van der Waals surface area contributed by atoms with Crippen molar-refractivity contribution in [1.82, 2.24) is 0 Å². The van der Waals surface area contributed by atoms with Crippen molar-refractivity contribution in [2.45, 2.75) is 19.8 Å². The van der Waals surface area contributed by atoms with Crippen molar-refractivity contribution in [3.05, 3.63) is 64.2 Å². The van der Waals surface area contributed by atoms with Gasteiger partial charge in [0.2, 0.25) is 5.91 Å². The lowest BCUT2D eigenvalue weighted by molar-refractivity contribution is -0.385. The van der Waals surface area contributed by atoms with Crippen molar-refractivity contribution in [2.75, 3.05) is 11.9 Å². The summed E-state index contributed by atoms with van der Waals surface area (Å²) < 4.78 is 5.40. The summed E-state index contributed by atoms with van der Waals surface area (Å²) in [6.45, 7) is 2.20. The predicted octanol–water partition coefficient (Wildman–Crippen LogP) is 3.70. The molecule has 1 N–H and O–H groups in total. The number of para-hydroxylation sites is 2. The van der Waals surface area contributed by atoms with Gasteiger partial charge in [0.25, 0.3) is 0 Å². The molecule has 0 saturated carbocycles. The fourth-order valence-corrected chi connectivity index (χ4v) is 2.09. The minimum Gasteiger partial charge on any atom is -0.487 e. The van der Waals surface area contributed by atoms with Crippen molar-refractivity contribution in [1.29, 1.82) is 0 Å². The van der Waals surface area contributed by atoms with Gasteiger partial charge in [0.1, 0.15) is 0 Å². The van der Waals surface area contributed by atoms with E-state index in [-0.39, 0.29) is 30.4 Å². The second-order valence-corrected chi connectivity index (χ2v) is 5.09. The smallest absolute Gasteiger partial charge is 0.310 e. The molecule has 0 aliphatic carbocycles. The third-order valence-electron chi connectivity index (χ3n) is 3.17. The molecule has 0 aliphatic heterocycles. The molecule has 0 spiro atoms. The summed E-state index contributed by atoms with van der Waals surface area (Å²) in [5, 5.41) is 13.7. The van der Waals surface area contributed by atoms with E-state index in [0.717, 1.165) is 11.3 Å². The molecule has 0 radical (unpaired) electrons. The van der Waals surface area contributed by atoms with E-state index in [1.165, 1.54) is 6.07 Å². The standard InChI is InChI=1S/C17H18N2O4/c1-13-6-4-7-14(12-13)18-17(20)10-5-11-23-16-9-3-2-8-15(16)19(21)22/h2-4,6-9,12H,5,10-11H2,1H3,(H,18,20). The van der Waals surface area contributed by atoms with Gasteiger partial charge in [-0.25, -0.2) is 0 Å². The van der Waals surface area contributed by atoms with Crippen LogP contribution < -0.4 is 10.1 Å². The highest BCUT2D eigenvalue weighted by Gasteiger charge is 2.13. The first kappa shape index (κ1) is 16.5. The number of nitrogens with zero attached hydrogens (tertiary/aromatic N) is 1. The van der Waals surface area contributed by atoms with Crippen molar-refractivity contribution in [3.8, 4) is 5.75 Å².